The van der Waals surface area contributed by atoms with Gasteiger partial charge in [-0.25, -0.2) is 13.1 Å². The first-order chi connectivity index (χ1) is 7.68. The maximum atomic E-state index is 12.1. The van der Waals surface area contributed by atoms with Crippen molar-refractivity contribution in [1.82, 2.24) is 10.0 Å². The van der Waals surface area contributed by atoms with Gasteiger partial charge in [0.25, 0.3) is 0 Å². The summed E-state index contributed by atoms with van der Waals surface area (Å²) in [4.78, 5) is 0. The highest BCUT2D eigenvalue weighted by Gasteiger charge is 2.30. The summed E-state index contributed by atoms with van der Waals surface area (Å²) in [6.45, 7) is 2.88. The number of rotatable bonds is 3. The first-order valence-electron chi connectivity index (χ1n) is 5.98. The van der Waals surface area contributed by atoms with Gasteiger partial charge in [-0.15, -0.1) is 0 Å². The van der Waals surface area contributed by atoms with E-state index in [1.54, 1.807) is 0 Å². The molecule has 0 aromatic rings. The van der Waals surface area contributed by atoms with Crippen LogP contribution in [0.1, 0.15) is 25.7 Å². The van der Waals surface area contributed by atoms with E-state index in [1.165, 1.54) is 0 Å². The lowest BCUT2D eigenvalue weighted by Gasteiger charge is -2.28. The molecule has 0 saturated carbocycles. The molecule has 0 spiro atoms. The highest BCUT2D eigenvalue weighted by atomic mass is 32.2. The van der Waals surface area contributed by atoms with Crippen LogP contribution in [0.15, 0.2) is 0 Å². The maximum absolute atomic E-state index is 12.1. The zero-order chi connectivity index (χ0) is 11.4. The number of nitrogens with one attached hydrogen (secondary N) is 2. The van der Waals surface area contributed by atoms with E-state index in [0.717, 1.165) is 25.9 Å². The summed E-state index contributed by atoms with van der Waals surface area (Å²) in [5.74, 6) is 0. The van der Waals surface area contributed by atoms with Crippen LogP contribution in [-0.2, 0) is 14.8 Å². The highest BCUT2D eigenvalue weighted by molar-refractivity contribution is 7.90. The van der Waals surface area contributed by atoms with E-state index in [2.05, 4.69) is 10.0 Å². The molecule has 0 aromatic heterocycles. The van der Waals surface area contributed by atoms with Crippen molar-refractivity contribution >= 4 is 10.0 Å². The zero-order valence-electron chi connectivity index (χ0n) is 9.44. The standard InChI is InChI=1S/C10H20N2O3S/c13-16(14,10-3-6-15-7-4-10)12-9-2-1-5-11-8-9/h9-12H,1-8H2. The molecule has 0 aliphatic carbocycles. The molecule has 2 aliphatic heterocycles. The molecule has 2 aliphatic rings. The van der Waals surface area contributed by atoms with E-state index >= 15 is 0 Å². The van der Waals surface area contributed by atoms with Crippen LogP contribution >= 0.6 is 0 Å². The van der Waals surface area contributed by atoms with E-state index in [4.69, 9.17) is 4.74 Å². The van der Waals surface area contributed by atoms with Crippen molar-refractivity contribution < 1.29 is 13.2 Å². The Balaban J connectivity index is 1.90. The van der Waals surface area contributed by atoms with Gasteiger partial charge in [0.15, 0.2) is 0 Å². The summed E-state index contributed by atoms with van der Waals surface area (Å²) in [6.07, 6.45) is 3.22. The van der Waals surface area contributed by atoms with Crippen molar-refractivity contribution in [3.05, 3.63) is 0 Å². The Morgan fingerprint density at radius 1 is 1.19 bits per heavy atom. The van der Waals surface area contributed by atoms with Crippen LogP contribution < -0.4 is 10.0 Å². The second-order valence-electron chi connectivity index (χ2n) is 4.52. The van der Waals surface area contributed by atoms with Crippen LogP contribution in [0.2, 0.25) is 0 Å². The van der Waals surface area contributed by atoms with E-state index in [0.29, 0.717) is 26.1 Å². The molecule has 0 amide bonds. The molecule has 0 aromatic carbocycles. The van der Waals surface area contributed by atoms with Crippen molar-refractivity contribution in [2.24, 2.45) is 0 Å². The molecule has 1 unspecified atom stereocenters. The summed E-state index contributed by atoms with van der Waals surface area (Å²) < 4.78 is 32.1. The summed E-state index contributed by atoms with van der Waals surface area (Å²) in [6, 6.07) is 0.0709. The fourth-order valence-corrected chi connectivity index (χ4v) is 3.94. The topological polar surface area (TPSA) is 67.4 Å². The van der Waals surface area contributed by atoms with Gasteiger partial charge in [-0.1, -0.05) is 0 Å². The number of piperidine rings is 1. The molecular weight excluding hydrogens is 228 g/mol. The van der Waals surface area contributed by atoms with E-state index < -0.39 is 10.0 Å². The van der Waals surface area contributed by atoms with Crippen LogP contribution in [0.25, 0.3) is 0 Å². The lowest BCUT2D eigenvalue weighted by molar-refractivity contribution is 0.0980. The fraction of sp³-hybridized carbons (Fsp3) is 1.00. The average molecular weight is 248 g/mol. The largest absolute Gasteiger partial charge is 0.381 e. The van der Waals surface area contributed by atoms with E-state index in [-0.39, 0.29) is 11.3 Å². The van der Waals surface area contributed by atoms with Crippen molar-refractivity contribution in [2.45, 2.75) is 37.0 Å². The Morgan fingerprint density at radius 2 is 1.94 bits per heavy atom. The summed E-state index contributed by atoms with van der Waals surface area (Å²) in [7, 11) is -3.15. The van der Waals surface area contributed by atoms with Gasteiger partial charge in [0.05, 0.1) is 5.25 Å². The molecule has 2 rings (SSSR count). The van der Waals surface area contributed by atoms with Crippen molar-refractivity contribution in [3.8, 4) is 0 Å². The third-order valence-electron chi connectivity index (χ3n) is 3.23. The predicted octanol–water partition coefficient (Wildman–Crippen LogP) is -0.163. The summed E-state index contributed by atoms with van der Waals surface area (Å²) in [5.41, 5.74) is 0. The third-order valence-corrected chi connectivity index (χ3v) is 5.25. The molecule has 94 valence electrons. The normalized spacial score (nSPS) is 29.1. The van der Waals surface area contributed by atoms with Gasteiger partial charge >= 0.3 is 0 Å². The van der Waals surface area contributed by atoms with Crippen LogP contribution in [-0.4, -0.2) is 46.0 Å². The van der Waals surface area contributed by atoms with Gasteiger partial charge in [-0.3, -0.25) is 0 Å². The van der Waals surface area contributed by atoms with E-state index in [9.17, 15) is 8.42 Å². The van der Waals surface area contributed by atoms with Crippen LogP contribution in [0, 0.1) is 0 Å². The summed E-state index contributed by atoms with van der Waals surface area (Å²) in [5, 5.41) is 2.95. The average Bonchev–Trinajstić information content (AvgIpc) is 2.31. The Hall–Kier alpha value is -0.170. The predicted molar refractivity (Wildman–Crippen MR) is 61.8 cm³/mol. The monoisotopic (exact) mass is 248 g/mol. The molecule has 16 heavy (non-hydrogen) atoms. The molecule has 6 heteroatoms. The molecule has 2 heterocycles. The maximum Gasteiger partial charge on any atom is 0.214 e. The molecule has 2 saturated heterocycles. The smallest absolute Gasteiger partial charge is 0.214 e. The van der Waals surface area contributed by atoms with Crippen molar-refractivity contribution in [1.29, 1.82) is 0 Å². The number of ether oxygens (including phenoxy) is 1. The minimum absolute atomic E-state index is 0.0709. The first kappa shape index (κ1) is 12.3. The second-order valence-corrected chi connectivity index (χ2v) is 6.51. The van der Waals surface area contributed by atoms with Gasteiger partial charge in [0.1, 0.15) is 0 Å². The second kappa shape index (κ2) is 5.44. The Kier molecular flexibility index (Phi) is 4.18. The fourth-order valence-electron chi connectivity index (χ4n) is 2.27. The lowest BCUT2D eigenvalue weighted by Crippen LogP contribution is -2.49. The minimum atomic E-state index is -3.15. The minimum Gasteiger partial charge on any atom is -0.381 e. The van der Waals surface area contributed by atoms with Gasteiger partial charge in [-0.05, 0) is 32.2 Å². The van der Waals surface area contributed by atoms with E-state index in [1.807, 2.05) is 0 Å². The number of sulfonamides is 1. The SMILES string of the molecule is O=S(=O)(NC1CCCNC1)C1CCOCC1. The molecule has 5 nitrogen and oxygen atoms in total. The Bertz CT molecular complexity index is 306. The molecule has 2 fully saturated rings. The van der Waals surface area contributed by atoms with Crippen LogP contribution in [0.5, 0.6) is 0 Å². The summed E-state index contributed by atoms with van der Waals surface area (Å²) >= 11 is 0. The van der Waals surface area contributed by atoms with Gasteiger partial charge < -0.3 is 10.1 Å². The first-order valence-corrected chi connectivity index (χ1v) is 7.53. The van der Waals surface area contributed by atoms with Crippen molar-refractivity contribution in [3.63, 3.8) is 0 Å². The third kappa shape index (κ3) is 3.16. The van der Waals surface area contributed by atoms with Crippen LogP contribution in [0.4, 0.5) is 0 Å². The number of hydrogen-bond acceptors (Lipinski definition) is 4. The van der Waals surface area contributed by atoms with Gasteiger partial charge in [-0.2, -0.15) is 0 Å². The molecule has 2 N–H and O–H groups in total. The number of hydrogen-bond donors (Lipinski definition) is 2. The van der Waals surface area contributed by atoms with Crippen LogP contribution in [0.3, 0.4) is 0 Å². The molecule has 0 bridgehead atoms. The highest BCUT2D eigenvalue weighted by Crippen LogP contribution is 2.16. The van der Waals surface area contributed by atoms with Crippen molar-refractivity contribution in [2.75, 3.05) is 26.3 Å². The molecular formula is C10H20N2O3S. The quantitative estimate of drug-likeness (QED) is 0.728. The van der Waals surface area contributed by atoms with Gasteiger partial charge in [0, 0.05) is 25.8 Å². The molecule has 1 atom stereocenters. The molecule has 0 radical (unpaired) electrons. The lowest BCUT2D eigenvalue weighted by atomic mass is 10.1. The zero-order valence-corrected chi connectivity index (χ0v) is 10.3. The van der Waals surface area contributed by atoms with Gasteiger partial charge in [0.2, 0.25) is 10.0 Å². The Labute approximate surface area is 97.0 Å². The Morgan fingerprint density at radius 3 is 2.56 bits per heavy atom.